The van der Waals surface area contributed by atoms with Crippen LogP contribution >= 0.6 is 15.9 Å². The Balaban J connectivity index is 2.39. The fourth-order valence-corrected chi connectivity index (χ4v) is 1.87. The van der Waals surface area contributed by atoms with Crippen LogP contribution in [0, 0.1) is 5.82 Å². The maximum Gasteiger partial charge on any atom is 0.267 e. The van der Waals surface area contributed by atoms with E-state index >= 15 is 0 Å². The molecule has 0 bridgehead atoms. The zero-order chi connectivity index (χ0) is 13.1. The van der Waals surface area contributed by atoms with Gasteiger partial charge in [0.25, 0.3) is 5.56 Å². The third kappa shape index (κ3) is 2.59. The smallest absolute Gasteiger partial charge is 0.267 e. The molecule has 2 rings (SSSR count). The third-order valence-electron chi connectivity index (χ3n) is 2.40. The van der Waals surface area contributed by atoms with Crippen molar-refractivity contribution in [2.75, 3.05) is 7.11 Å². The van der Waals surface area contributed by atoms with Crippen molar-refractivity contribution in [2.24, 2.45) is 0 Å². The number of hydrogen-bond acceptors (Lipinski definition) is 3. The number of nitrogens with zero attached hydrogens (tertiary/aromatic N) is 2. The van der Waals surface area contributed by atoms with E-state index in [2.05, 4.69) is 21.0 Å². The molecule has 4 nitrogen and oxygen atoms in total. The summed E-state index contributed by atoms with van der Waals surface area (Å²) in [5, 5.41) is 4.00. The van der Waals surface area contributed by atoms with Crippen molar-refractivity contribution >= 4 is 15.9 Å². The quantitative estimate of drug-likeness (QED) is 0.872. The van der Waals surface area contributed by atoms with Gasteiger partial charge in [-0.05, 0) is 27.6 Å². The number of rotatable bonds is 3. The Kier molecular flexibility index (Phi) is 3.76. The molecule has 0 aliphatic carbocycles. The molecule has 0 radical (unpaired) electrons. The van der Waals surface area contributed by atoms with Crippen LogP contribution in [0.5, 0.6) is 5.88 Å². The minimum absolute atomic E-state index is 0.175. The summed E-state index contributed by atoms with van der Waals surface area (Å²) in [7, 11) is 1.47. The molecule has 1 aromatic heterocycles. The Labute approximate surface area is 111 Å². The van der Waals surface area contributed by atoms with Crippen molar-refractivity contribution in [2.45, 2.75) is 6.54 Å². The lowest BCUT2D eigenvalue weighted by atomic mass is 10.2. The van der Waals surface area contributed by atoms with Crippen LogP contribution in [0.15, 0.2) is 39.6 Å². The Morgan fingerprint density at radius 2 is 2.17 bits per heavy atom. The molecular weight excluding hydrogens is 303 g/mol. The van der Waals surface area contributed by atoms with Crippen LogP contribution in [-0.4, -0.2) is 16.9 Å². The van der Waals surface area contributed by atoms with Crippen molar-refractivity contribution < 1.29 is 9.13 Å². The molecule has 0 spiro atoms. The number of ether oxygens (including phenoxy) is 1. The molecule has 6 heteroatoms. The average Bonchev–Trinajstić information content (AvgIpc) is 2.37. The average molecular weight is 313 g/mol. The van der Waals surface area contributed by atoms with Crippen LogP contribution in [0.1, 0.15) is 5.56 Å². The molecule has 0 saturated carbocycles. The predicted molar refractivity (Wildman–Crippen MR) is 68.3 cm³/mol. The summed E-state index contributed by atoms with van der Waals surface area (Å²) in [6.07, 6.45) is 0. The highest BCUT2D eigenvalue weighted by Gasteiger charge is 2.08. The maximum absolute atomic E-state index is 13.3. The van der Waals surface area contributed by atoms with Gasteiger partial charge in [0.05, 0.1) is 18.1 Å². The first-order valence-electron chi connectivity index (χ1n) is 5.17. The Hall–Kier alpha value is -1.69. The van der Waals surface area contributed by atoms with E-state index in [9.17, 15) is 9.18 Å². The van der Waals surface area contributed by atoms with Gasteiger partial charge in [-0.2, -0.15) is 0 Å². The molecule has 0 fully saturated rings. The molecule has 0 unspecified atom stereocenters. The number of hydrogen-bond donors (Lipinski definition) is 0. The van der Waals surface area contributed by atoms with Crippen LogP contribution < -0.4 is 10.3 Å². The van der Waals surface area contributed by atoms with E-state index in [1.165, 1.54) is 30.0 Å². The van der Waals surface area contributed by atoms with Gasteiger partial charge in [0.1, 0.15) is 5.82 Å². The summed E-state index contributed by atoms with van der Waals surface area (Å²) < 4.78 is 19.8. The highest BCUT2D eigenvalue weighted by atomic mass is 79.9. The second kappa shape index (κ2) is 5.30. The van der Waals surface area contributed by atoms with Crippen LogP contribution in [0.25, 0.3) is 0 Å². The largest absolute Gasteiger partial charge is 0.480 e. The minimum Gasteiger partial charge on any atom is -0.480 e. The highest BCUT2D eigenvalue weighted by Crippen LogP contribution is 2.20. The van der Waals surface area contributed by atoms with E-state index in [0.29, 0.717) is 15.9 Å². The SMILES string of the molecule is COc1ccc(=O)n(Cc2cccc(F)c2Br)n1. The number of benzene rings is 1. The van der Waals surface area contributed by atoms with Gasteiger partial charge < -0.3 is 4.74 Å². The van der Waals surface area contributed by atoms with Crippen molar-refractivity contribution in [1.82, 2.24) is 9.78 Å². The van der Waals surface area contributed by atoms with Crippen LogP contribution in [-0.2, 0) is 6.54 Å². The number of methoxy groups -OCH3 is 1. The van der Waals surface area contributed by atoms with Gasteiger partial charge in [0.15, 0.2) is 0 Å². The lowest BCUT2D eigenvalue weighted by molar-refractivity contribution is 0.378. The van der Waals surface area contributed by atoms with Gasteiger partial charge in [-0.25, -0.2) is 9.07 Å². The molecule has 0 amide bonds. The van der Waals surface area contributed by atoms with Gasteiger partial charge in [-0.15, -0.1) is 5.10 Å². The maximum atomic E-state index is 13.3. The standard InChI is InChI=1S/C12H10BrFN2O2/c1-18-10-5-6-11(17)16(15-10)7-8-3-2-4-9(14)12(8)13/h2-6H,7H2,1H3. The first-order chi connectivity index (χ1) is 8.61. The van der Waals surface area contributed by atoms with Crippen LogP contribution in [0.4, 0.5) is 4.39 Å². The lowest BCUT2D eigenvalue weighted by Crippen LogP contribution is -2.22. The molecule has 1 heterocycles. The second-order valence-electron chi connectivity index (χ2n) is 3.58. The Morgan fingerprint density at radius 3 is 2.89 bits per heavy atom. The highest BCUT2D eigenvalue weighted by molar-refractivity contribution is 9.10. The first-order valence-corrected chi connectivity index (χ1v) is 5.96. The topological polar surface area (TPSA) is 44.1 Å². The normalized spacial score (nSPS) is 10.4. The molecule has 2 aromatic rings. The molecule has 0 aliphatic heterocycles. The lowest BCUT2D eigenvalue weighted by Gasteiger charge is -2.08. The predicted octanol–water partition coefficient (Wildman–Crippen LogP) is 2.20. The molecular formula is C12H10BrFN2O2. The van der Waals surface area contributed by atoms with E-state index in [-0.39, 0.29) is 17.9 Å². The summed E-state index contributed by atoms with van der Waals surface area (Å²) in [6.45, 7) is 0.175. The van der Waals surface area contributed by atoms with Gasteiger partial charge >= 0.3 is 0 Å². The molecule has 0 saturated heterocycles. The van der Waals surface area contributed by atoms with Gasteiger partial charge in [-0.1, -0.05) is 12.1 Å². The second-order valence-corrected chi connectivity index (χ2v) is 4.38. The van der Waals surface area contributed by atoms with Crippen molar-refractivity contribution in [3.63, 3.8) is 0 Å². The van der Waals surface area contributed by atoms with Crippen molar-refractivity contribution in [1.29, 1.82) is 0 Å². The van der Waals surface area contributed by atoms with Crippen LogP contribution in [0.2, 0.25) is 0 Å². The fourth-order valence-electron chi connectivity index (χ4n) is 1.48. The molecule has 1 aromatic carbocycles. The first kappa shape index (κ1) is 12.8. The minimum atomic E-state index is -0.372. The van der Waals surface area contributed by atoms with E-state index in [1.54, 1.807) is 12.1 Å². The van der Waals surface area contributed by atoms with Crippen molar-refractivity contribution in [3.8, 4) is 5.88 Å². The summed E-state index contributed by atoms with van der Waals surface area (Å²) in [6, 6.07) is 7.50. The molecule has 94 valence electrons. The fraction of sp³-hybridized carbons (Fsp3) is 0.167. The van der Waals surface area contributed by atoms with Gasteiger partial charge in [0, 0.05) is 12.1 Å². The third-order valence-corrected chi connectivity index (χ3v) is 3.29. The number of aromatic nitrogens is 2. The van der Waals surface area contributed by atoms with Crippen molar-refractivity contribution in [3.05, 3.63) is 56.5 Å². The van der Waals surface area contributed by atoms with Crippen LogP contribution in [0.3, 0.4) is 0 Å². The zero-order valence-corrected chi connectivity index (χ0v) is 11.1. The monoisotopic (exact) mass is 312 g/mol. The molecule has 0 aliphatic rings. The van der Waals surface area contributed by atoms with Gasteiger partial charge in [-0.3, -0.25) is 4.79 Å². The summed E-state index contributed by atoms with van der Waals surface area (Å²) in [5.41, 5.74) is 0.366. The summed E-state index contributed by atoms with van der Waals surface area (Å²) in [5.74, 6) is -0.0365. The molecule has 18 heavy (non-hydrogen) atoms. The van der Waals surface area contributed by atoms with E-state index < -0.39 is 0 Å². The Morgan fingerprint density at radius 1 is 1.39 bits per heavy atom. The summed E-state index contributed by atoms with van der Waals surface area (Å²) in [4.78, 5) is 11.6. The van der Waals surface area contributed by atoms with E-state index in [4.69, 9.17) is 4.74 Å². The van der Waals surface area contributed by atoms with E-state index in [0.717, 1.165) is 0 Å². The number of halogens is 2. The van der Waals surface area contributed by atoms with E-state index in [1.807, 2.05) is 0 Å². The summed E-state index contributed by atoms with van der Waals surface area (Å²) >= 11 is 3.15. The molecule has 0 N–H and O–H groups in total. The van der Waals surface area contributed by atoms with Gasteiger partial charge in [0.2, 0.25) is 5.88 Å². The molecule has 0 atom stereocenters. The zero-order valence-electron chi connectivity index (χ0n) is 9.56. The Bertz CT molecular complexity index is 628.